The summed E-state index contributed by atoms with van der Waals surface area (Å²) < 4.78 is 10.5. The predicted octanol–water partition coefficient (Wildman–Crippen LogP) is 1.36. The highest BCUT2D eigenvalue weighted by Gasteiger charge is 2.28. The van der Waals surface area contributed by atoms with Gasteiger partial charge in [0, 0.05) is 24.2 Å². The first-order chi connectivity index (χ1) is 10.7. The van der Waals surface area contributed by atoms with Crippen LogP contribution in [0, 0.1) is 0 Å². The van der Waals surface area contributed by atoms with E-state index in [4.69, 9.17) is 9.47 Å². The van der Waals surface area contributed by atoms with Gasteiger partial charge in [-0.15, -0.1) is 0 Å². The van der Waals surface area contributed by atoms with Gasteiger partial charge in [-0.25, -0.2) is 5.43 Å². The normalized spacial score (nSPS) is 20.7. The zero-order chi connectivity index (χ0) is 15.9. The lowest BCUT2D eigenvalue weighted by Gasteiger charge is -2.13. The van der Waals surface area contributed by atoms with Gasteiger partial charge in [0.05, 0.1) is 14.2 Å². The molecule has 1 saturated heterocycles. The van der Waals surface area contributed by atoms with E-state index in [-0.39, 0.29) is 11.9 Å². The third-order valence-corrected chi connectivity index (χ3v) is 3.88. The molecule has 6 nitrogen and oxygen atoms in total. The Hall–Kier alpha value is -1.79. The molecule has 1 aromatic carbocycles. The predicted molar refractivity (Wildman–Crippen MR) is 84.8 cm³/mol. The van der Waals surface area contributed by atoms with Gasteiger partial charge in [0.2, 0.25) is 5.91 Å². The number of nitrogens with one attached hydrogen (secondary N) is 3. The molecule has 2 unspecified atom stereocenters. The Morgan fingerprint density at radius 3 is 2.82 bits per heavy atom. The molecular weight excluding hydrogens is 282 g/mol. The van der Waals surface area contributed by atoms with Gasteiger partial charge in [0.15, 0.2) is 0 Å². The fourth-order valence-corrected chi connectivity index (χ4v) is 2.64. The minimum Gasteiger partial charge on any atom is -0.497 e. The molecule has 122 valence electrons. The second kappa shape index (κ2) is 8.00. The highest BCUT2D eigenvalue weighted by atomic mass is 16.5. The lowest BCUT2D eigenvalue weighted by atomic mass is 10.1. The fraction of sp³-hybridized carbons (Fsp3) is 0.562. The first kappa shape index (κ1) is 16.6. The Morgan fingerprint density at radius 2 is 2.14 bits per heavy atom. The van der Waals surface area contributed by atoms with Gasteiger partial charge in [0.25, 0.3) is 0 Å². The molecule has 1 aromatic rings. The number of hydrogen-bond donors (Lipinski definition) is 3. The van der Waals surface area contributed by atoms with Crippen LogP contribution in [-0.2, 0) is 11.3 Å². The molecule has 22 heavy (non-hydrogen) atoms. The number of hydrogen-bond acceptors (Lipinski definition) is 5. The largest absolute Gasteiger partial charge is 0.497 e. The molecule has 0 aliphatic carbocycles. The van der Waals surface area contributed by atoms with Gasteiger partial charge >= 0.3 is 0 Å². The molecule has 0 radical (unpaired) electrons. The zero-order valence-corrected chi connectivity index (χ0v) is 13.4. The Kier molecular flexibility index (Phi) is 6.03. The van der Waals surface area contributed by atoms with Crippen molar-refractivity contribution in [3.8, 4) is 11.5 Å². The summed E-state index contributed by atoms with van der Waals surface area (Å²) in [5.41, 5.74) is 7.16. The maximum atomic E-state index is 12.2. The Bertz CT molecular complexity index is 507. The summed E-state index contributed by atoms with van der Waals surface area (Å²) in [5, 5.41) is 2.95. The Labute approximate surface area is 131 Å². The second-order valence-corrected chi connectivity index (χ2v) is 5.46. The Morgan fingerprint density at radius 1 is 1.32 bits per heavy atom. The van der Waals surface area contributed by atoms with E-state index in [0.717, 1.165) is 30.6 Å². The molecule has 0 bridgehead atoms. The van der Waals surface area contributed by atoms with Crippen LogP contribution in [0.2, 0.25) is 0 Å². The van der Waals surface area contributed by atoms with Crippen molar-refractivity contribution in [1.82, 2.24) is 16.2 Å². The molecule has 1 amide bonds. The number of benzene rings is 1. The van der Waals surface area contributed by atoms with Crippen molar-refractivity contribution in [2.75, 3.05) is 14.2 Å². The lowest BCUT2D eigenvalue weighted by Crippen LogP contribution is -2.43. The van der Waals surface area contributed by atoms with Crippen molar-refractivity contribution in [1.29, 1.82) is 0 Å². The molecule has 1 aliphatic heterocycles. The molecule has 0 aromatic heterocycles. The number of hydrazine groups is 1. The van der Waals surface area contributed by atoms with Crippen molar-refractivity contribution in [3.63, 3.8) is 0 Å². The van der Waals surface area contributed by atoms with E-state index in [1.54, 1.807) is 14.2 Å². The van der Waals surface area contributed by atoms with E-state index >= 15 is 0 Å². The van der Waals surface area contributed by atoms with Crippen LogP contribution in [0.5, 0.6) is 11.5 Å². The average molecular weight is 307 g/mol. The van der Waals surface area contributed by atoms with Gasteiger partial charge < -0.3 is 14.8 Å². The number of carbonyl (C=O) groups excluding carboxylic acids is 1. The summed E-state index contributed by atoms with van der Waals surface area (Å²) in [5.74, 6) is 1.45. The first-order valence-electron chi connectivity index (χ1n) is 7.67. The van der Waals surface area contributed by atoms with Crippen molar-refractivity contribution < 1.29 is 14.3 Å². The minimum atomic E-state index is -0.180. The van der Waals surface area contributed by atoms with Gasteiger partial charge in [-0.05, 0) is 25.0 Å². The minimum absolute atomic E-state index is 0.00368. The van der Waals surface area contributed by atoms with Crippen LogP contribution in [0.25, 0.3) is 0 Å². The summed E-state index contributed by atoms with van der Waals surface area (Å²) in [6.07, 6.45) is 3.00. The van der Waals surface area contributed by atoms with Crippen LogP contribution in [0.4, 0.5) is 0 Å². The summed E-state index contributed by atoms with van der Waals surface area (Å²) in [6.45, 7) is 2.58. The molecule has 1 heterocycles. The van der Waals surface area contributed by atoms with Crippen LogP contribution >= 0.6 is 0 Å². The monoisotopic (exact) mass is 307 g/mol. The highest BCUT2D eigenvalue weighted by molar-refractivity contribution is 5.82. The molecule has 0 spiro atoms. The average Bonchev–Trinajstić information content (AvgIpc) is 3.01. The van der Waals surface area contributed by atoms with Crippen molar-refractivity contribution in [3.05, 3.63) is 23.8 Å². The van der Waals surface area contributed by atoms with Gasteiger partial charge in [-0.3, -0.25) is 10.2 Å². The van der Waals surface area contributed by atoms with Gasteiger partial charge in [-0.1, -0.05) is 13.3 Å². The number of carbonyl (C=O) groups is 1. The summed E-state index contributed by atoms with van der Waals surface area (Å²) in [7, 11) is 3.22. The van der Waals surface area contributed by atoms with E-state index in [2.05, 4.69) is 23.1 Å². The van der Waals surface area contributed by atoms with Crippen molar-refractivity contribution in [2.24, 2.45) is 0 Å². The van der Waals surface area contributed by atoms with Crippen LogP contribution in [0.1, 0.15) is 31.7 Å². The number of amides is 1. The second-order valence-electron chi connectivity index (χ2n) is 5.46. The highest BCUT2D eigenvalue weighted by Crippen LogP contribution is 2.24. The van der Waals surface area contributed by atoms with Crippen molar-refractivity contribution in [2.45, 2.75) is 44.8 Å². The van der Waals surface area contributed by atoms with Crippen LogP contribution in [-0.4, -0.2) is 32.2 Å². The smallest absolute Gasteiger partial charge is 0.238 e. The summed E-state index contributed by atoms with van der Waals surface area (Å²) in [4.78, 5) is 12.2. The third kappa shape index (κ3) is 4.11. The number of methoxy groups -OCH3 is 2. The first-order valence-corrected chi connectivity index (χ1v) is 7.67. The molecule has 1 aliphatic rings. The Balaban J connectivity index is 1.89. The third-order valence-electron chi connectivity index (χ3n) is 3.88. The van der Waals surface area contributed by atoms with E-state index in [1.807, 2.05) is 18.2 Å². The topological polar surface area (TPSA) is 71.6 Å². The van der Waals surface area contributed by atoms with E-state index in [0.29, 0.717) is 18.3 Å². The summed E-state index contributed by atoms with van der Waals surface area (Å²) >= 11 is 0. The molecule has 0 saturated carbocycles. The lowest BCUT2D eigenvalue weighted by molar-refractivity contribution is -0.123. The molecule has 2 atom stereocenters. The number of rotatable bonds is 7. The maximum Gasteiger partial charge on any atom is 0.238 e. The molecule has 2 rings (SSSR count). The van der Waals surface area contributed by atoms with E-state index in [1.165, 1.54) is 0 Å². The molecule has 6 heteroatoms. The van der Waals surface area contributed by atoms with E-state index in [9.17, 15) is 4.79 Å². The molecule has 1 fully saturated rings. The summed E-state index contributed by atoms with van der Waals surface area (Å²) in [6, 6.07) is 5.76. The van der Waals surface area contributed by atoms with Gasteiger partial charge in [-0.2, -0.15) is 0 Å². The number of ether oxygens (including phenoxy) is 2. The van der Waals surface area contributed by atoms with Crippen LogP contribution < -0.4 is 25.6 Å². The fourth-order valence-electron chi connectivity index (χ4n) is 2.64. The quantitative estimate of drug-likeness (QED) is 0.709. The molecule has 3 N–H and O–H groups in total. The SMILES string of the molecule is CCCC1CC(C(=O)NCc2ccc(OC)cc2OC)NN1. The van der Waals surface area contributed by atoms with Crippen LogP contribution in [0.3, 0.4) is 0 Å². The zero-order valence-electron chi connectivity index (χ0n) is 13.4. The van der Waals surface area contributed by atoms with Crippen LogP contribution in [0.15, 0.2) is 18.2 Å². The van der Waals surface area contributed by atoms with Gasteiger partial charge in [0.1, 0.15) is 17.5 Å². The van der Waals surface area contributed by atoms with Crippen molar-refractivity contribution >= 4 is 5.91 Å². The standard InChI is InChI=1S/C16H25N3O3/c1-4-5-12-8-14(19-18-12)16(20)17-10-11-6-7-13(21-2)9-15(11)22-3/h6-7,9,12,14,18-19H,4-5,8,10H2,1-3H3,(H,17,20). The molecular formula is C16H25N3O3. The van der Waals surface area contributed by atoms with E-state index < -0.39 is 0 Å². The maximum absolute atomic E-state index is 12.2.